The third-order valence-corrected chi connectivity index (χ3v) is 4.67. The minimum atomic E-state index is -4.35. The number of fused-ring (bicyclic) bond motifs is 1. The lowest BCUT2D eigenvalue weighted by atomic mass is 10.0. The van der Waals surface area contributed by atoms with Crippen LogP contribution in [0.3, 0.4) is 0 Å². The van der Waals surface area contributed by atoms with Crippen LogP contribution in [0.2, 0.25) is 0 Å². The number of anilines is 1. The first-order valence-electron chi connectivity index (χ1n) is 10.0. The number of benzene rings is 1. The summed E-state index contributed by atoms with van der Waals surface area (Å²) in [5.41, 5.74) is 2.34. The molecule has 12 heteroatoms. The van der Waals surface area contributed by atoms with Crippen molar-refractivity contribution in [3.63, 3.8) is 0 Å². The van der Waals surface area contributed by atoms with E-state index in [1.165, 1.54) is 18.5 Å². The molecule has 0 unspecified atom stereocenters. The second-order valence-corrected chi connectivity index (χ2v) is 7.19. The summed E-state index contributed by atoms with van der Waals surface area (Å²) in [6, 6.07) is 4.75. The Bertz CT molecular complexity index is 1240. The molecule has 0 spiro atoms. The van der Waals surface area contributed by atoms with Crippen molar-refractivity contribution in [3.8, 4) is 23.1 Å². The maximum Gasteiger partial charge on any atom is 0.390 e. The lowest BCUT2D eigenvalue weighted by Crippen LogP contribution is -2.28. The summed E-state index contributed by atoms with van der Waals surface area (Å²) >= 11 is 0. The minimum Gasteiger partial charge on any atom is -0.384 e. The van der Waals surface area contributed by atoms with Crippen LogP contribution in [-0.4, -0.2) is 57.7 Å². The summed E-state index contributed by atoms with van der Waals surface area (Å²) in [6.45, 7) is 0.0320. The number of alkyl halides is 5. The normalized spacial score (nSPS) is 11.4. The van der Waals surface area contributed by atoms with Crippen LogP contribution < -0.4 is 10.6 Å². The zero-order valence-corrected chi connectivity index (χ0v) is 17.9. The molecule has 7 nitrogen and oxygen atoms in total. The monoisotopic (exact) mass is 481 g/mol. The van der Waals surface area contributed by atoms with Crippen LogP contribution >= 0.6 is 0 Å². The molecule has 0 atom stereocenters. The van der Waals surface area contributed by atoms with Gasteiger partial charge in [0.05, 0.1) is 24.9 Å². The van der Waals surface area contributed by atoms with Gasteiger partial charge in [-0.05, 0) is 30.5 Å². The zero-order valence-electron chi connectivity index (χ0n) is 17.9. The summed E-state index contributed by atoms with van der Waals surface area (Å²) in [7, 11) is 0. The highest BCUT2D eigenvalue weighted by molar-refractivity contribution is 5.96. The van der Waals surface area contributed by atoms with Gasteiger partial charge in [-0.3, -0.25) is 9.20 Å². The van der Waals surface area contributed by atoms with Crippen LogP contribution in [0.25, 0.3) is 16.9 Å². The number of halogens is 5. The molecular weight excluding hydrogens is 461 g/mol. The SMILES string of the molecule is Cc1cc(-c2cnc3c(NCCC(F)(F)F)nc(C#CCO)cn23)ccc1C(=O)NCC(F)F. The van der Waals surface area contributed by atoms with Gasteiger partial charge < -0.3 is 15.7 Å². The summed E-state index contributed by atoms with van der Waals surface area (Å²) in [5.74, 6) is 4.51. The molecule has 3 rings (SSSR count). The second-order valence-electron chi connectivity index (χ2n) is 7.19. The van der Waals surface area contributed by atoms with E-state index in [0.717, 1.165) is 0 Å². The number of carbonyl (C=O) groups is 1. The van der Waals surface area contributed by atoms with Crippen molar-refractivity contribution in [1.29, 1.82) is 0 Å². The van der Waals surface area contributed by atoms with Gasteiger partial charge in [0.15, 0.2) is 11.5 Å². The molecule has 2 heterocycles. The van der Waals surface area contributed by atoms with Gasteiger partial charge in [-0.1, -0.05) is 12.0 Å². The Hall–Kier alpha value is -3.72. The third-order valence-electron chi connectivity index (χ3n) is 4.67. The van der Waals surface area contributed by atoms with Gasteiger partial charge in [0.25, 0.3) is 12.3 Å². The molecule has 1 aromatic carbocycles. The summed E-state index contributed by atoms with van der Waals surface area (Å²) in [5, 5.41) is 13.7. The first kappa shape index (κ1) is 24.9. The second kappa shape index (κ2) is 10.5. The Labute approximate surface area is 191 Å². The van der Waals surface area contributed by atoms with E-state index in [2.05, 4.69) is 32.4 Å². The van der Waals surface area contributed by atoms with E-state index in [-0.39, 0.29) is 22.7 Å². The number of hydrogen-bond acceptors (Lipinski definition) is 5. The van der Waals surface area contributed by atoms with Gasteiger partial charge in [-0.15, -0.1) is 0 Å². The highest BCUT2D eigenvalue weighted by Gasteiger charge is 2.26. The first-order valence-corrected chi connectivity index (χ1v) is 10.0. The molecule has 2 aromatic heterocycles. The number of rotatable bonds is 7. The molecule has 3 aromatic rings. The maximum atomic E-state index is 12.6. The van der Waals surface area contributed by atoms with E-state index in [1.807, 2.05) is 0 Å². The fourth-order valence-electron chi connectivity index (χ4n) is 3.18. The number of aromatic nitrogens is 3. The molecule has 0 radical (unpaired) electrons. The molecule has 0 aliphatic carbocycles. The van der Waals surface area contributed by atoms with Crippen LogP contribution in [-0.2, 0) is 0 Å². The summed E-state index contributed by atoms with van der Waals surface area (Å²) < 4.78 is 64.0. The molecule has 34 heavy (non-hydrogen) atoms. The lowest BCUT2D eigenvalue weighted by molar-refractivity contribution is -0.131. The van der Waals surface area contributed by atoms with E-state index in [9.17, 15) is 26.7 Å². The van der Waals surface area contributed by atoms with E-state index in [1.54, 1.807) is 23.5 Å². The maximum absolute atomic E-state index is 12.6. The van der Waals surface area contributed by atoms with Crippen LogP contribution in [0.4, 0.5) is 27.8 Å². The summed E-state index contributed by atoms with van der Waals surface area (Å²) in [6.07, 6.45) is -5.08. The molecule has 0 fully saturated rings. The van der Waals surface area contributed by atoms with Crippen molar-refractivity contribution in [2.45, 2.75) is 25.9 Å². The minimum absolute atomic E-state index is 0.0833. The fourth-order valence-corrected chi connectivity index (χ4v) is 3.18. The van der Waals surface area contributed by atoms with Crippen molar-refractivity contribution in [2.75, 3.05) is 25.0 Å². The van der Waals surface area contributed by atoms with E-state index >= 15 is 0 Å². The van der Waals surface area contributed by atoms with Crippen LogP contribution in [0, 0.1) is 18.8 Å². The van der Waals surface area contributed by atoms with Crippen molar-refractivity contribution in [2.24, 2.45) is 0 Å². The standard InChI is InChI=1S/C22H20F5N5O2/c1-13-9-14(4-5-16(13)21(34)30-11-18(23)24)17-10-29-20-19(28-7-6-22(25,26)27)31-15(3-2-8-33)12-32(17)20/h4-5,9-10,12,18,33H,6-8,11H2,1H3,(H,28,31)(H,30,34). The molecule has 3 N–H and O–H groups in total. The van der Waals surface area contributed by atoms with E-state index in [4.69, 9.17) is 5.11 Å². The Balaban J connectivity index is 1.98. The van der Waals surface area contributed by atoms with Gasteiger partial charge in [0, 0.05) is 23.9 Å². The lowest BCUT2D eigenvalue weighted by Gasteiger charge is -2.11. The number of nitrogens with one attached hydrogen (secondary N) is 2. The fraction of sp³-hybridized carbons (Fsp3) is 0.318. The highest BCUT2D eigenvalue weighted by Crippen LogP contribution is 2.27. The van der Waals surface area contributed by atoms with E-state index < -0.39 is 44.6 Å². The number of aryl methyl sites for hydroxylation is 1. The Kier molecular flexibility index (Phi) is 7.68. The van der Waals surface area contributed by atoms with E-state index in [0.29, 0.717) is 16.8 Å². The average molecular weight is 481 g/mol. The number of aliphatic hydroxyl groups is 1. The number of carbonyl (C=O) groups excluding carboxylic acids is 1. The smallest absolute Gasteiger partial charge is 0.384 e. The van der Waals surface area contributed by atoms with Crippen LogP contribution in [0.1, 0.15) is 28.0 Å². The third kappa shape index (κ3) is 6.20. The molecular formula is C22H20F5N5O2. The van der Waals surface area contributed by atoms with Gasteiger partial charge in [0.1, 0.15) is 12.3 Å². The molecule has 180 valence electrons. The molecule has 0 aliphatic rings. The zero-order chi connectivity index (χ0) is 24.9. The number of amides is 1. The van der Waals surface area contributed by atoms with Gasteiger partial charge in [-0.25, -0.2) is 18.7 Å². The van der Waals surface area contributed by atoms with Crippen LogP contribution in [0.5, 0.6) is 0 Å². The number of nitrogens with zero attached hydrogens (tertiary/aromatic N) is 3. The van der Waals surface area contributed by atoms with Crippen molar-refractivity contribution in [3.05, 3.63) is 47.4 Å². The van der Waals surface area contributed by atoms with Gasteiger partial charge >= 0.3 is 6.18 Å². The molecule has 0 saturated carbocycles. The number of aliphatic hydroxyl groups excluding tert-OH is 1. The van der Waals surface area contributed by atoms with Crippen LogP contribution in [0.15, 0.2) is 30.6 Å². The molecule has 0 saturated heterocycles. The van der Waals surface area contributed by atoms with Gasteiger partial charge in [-0.2, -0.15) is 13.2 Å². The Morgan fingerprint density at radius 3 is 2.71 bits per heavy atom. The largest absolute Gasteiger partial charge is 0.390 e. The highest BCUT2D eigenvalue weighted by atomic mass is 19.4. The first-order chi connectivity index (χ1) is 16.1. The summed E-state index contributed by atoms with van der Waals surface area (Å²) in [4.78, 5) is 20.6. The number of hydrogen-bond donors (Lipinski definition) is 3. The molecule has 0 aliphatic heterocycles. The number of imidazole rings is 1. The predicted molar refractivity (Wildman–Crippen MR) is 115 cm³/mol. The predicted octanol–water partition coefficient (Wildman–Crippen LogP) is 3.41. The van der Waals surface area contributed by atoms with Crippen molar-refractivity contribution >= 4 is 17.4 Å². The molecule has 1 amide bonds. The Morgan fingerprint density at radius 1 is 1.29 bits per heavy atom. The van der Waals surface area contributed by atoms with Gasteiger partial charge in [0.2, 0.25) is 0 Å². The average Bonchev–Trinajstić information content (AvgIpc) is 3.19. The Morgan fingerprint density at radius 2 is 2.06 bits per heavy atom. The molecule has 0 bridgehead atoms. The quantitative estimate of drug-likeness (QED) is 0.356. The topological polar surface area (TPSA) is 91.6 Å². The van der Waals surface area contributed by atoms with Crippen molar-refractivity contribution in [1.82, 2.24) is 19.7 Å². The van der Waals surface area contributed by atoms with Crippen molar-refractivity contribution < 1.29 is 31.9 Å².